The summed E-state index contributed by atoms with van der Waals surface area (Å²) >= 11 is 0. The average molecular weight is 299 g/mol. The van der Waals surface area contributed by atoms with Crippen LogP contribution in [0.15, 0.2) is 59.9 Å². The monoisotopic (exact) mass is 299 g/mol. The predicted octanol–water partition coefficient (Wildman–Crippen LogP) is 3.29. The topological polar surface area (TPSA) is 86.6 Å². The fourth-order valence-electron chi connectivity index (χ4n) is 1.98. The highest BCUT2D eigenvalue weighted by Crippen LogP contribution is 2.25. The molecule has 0 bridgehead atoms. The first-order valence-electron chi connectivity index (χ1n) is 6.75. The fourth-order valence-corrected chi connectivity index (χ4v) is 1.98. The molecule has 2 rings (SSSR count). The van der Waals surface area contributed by atoms with E-state index in [0.717, 1.165) is 0 Å². The molecule has 114 valence electrons. The van der Waals surface area contributed by atoms with Gasteiger partial charge in [-0.2, -0.15) is 0 Å². The Kier molecular flexibility index (Phi) is 4.17. The van der Waals surface area contributed by atoms with Gasteiger partial charge in [0.05, 0.1) is 16.8 Å². The van der Waals surface area contributed by atoms with Crippen LogP contribution >= 0.6 is 0 Å². The van der Waals surface area contributed by atoms with Crippen LogP contribution in [-0.2, 0) is 4.79 Å². The molecule has 1 amide bonds. The van der Waals surface area contributed by atoms with Crippen LogP contribution < -0.4 is 5.32 Å². The van der Waals surface area contributed by atoms with E-state index in [9.17, 15) is 14.7 Å². The van der Waals surface area contributed by atoms with Gasteiger partial charge >= 0.3 is 5.97 Å². The number of carbonyl (C=O) groups is 2. The van der Waals surface area contributed by atoms with Gasteiger partial charge in [-0.15, -0.1) is 0 Å². The molecule has 0 unspecified atom stereocenters. The van der Waals surface area contributed by atoms with Crippen LogP contribution in [0.25, 0.3) is 0 Å². The van der Waals surface area contributed by atoms with Crippen LogP contribution in [-0.4, -0.2) is 22.1 Å². The highest BCUT2D eigenvalue weighted by Gasteiger charge is 2.19. The number of hydrogen-bond donors (Lipinski definition) is 3. The van der Waals surface area contributed by atoms with Crippen molar-refractivity contribution in [3.05, 3.63) is 65.5 Å². The smallest absolute Gasteiger partial charge is 0.337 e. The molecular formula is C17H17NO4. The number of aliphatic hydroxyl groups excluding tert-OH is 1. The van der Waals surface area contributed by atoms with Crippen LogP contribution in [0.1, 0.15) is 24.2 Å². The molecular weight excluding hydrogens is 282 g/mol. The molecule has 1 aliphatic carbocycles. The maximum absolute atomic E-state index is 12.3. The Morgan fingerprint density at radius 3 is 2.41 bits per heavy atom. The zero-order valence-electron chi connectivity index (χ0n) is 12.3. The van der Waals surface area contributed by atoms with Gasteiger partial charge in [-0.3, -0.25) is 4.79 Å². The number of hydrogen-bond acceptors (Lipinski definition) is 3. The first kappa shape index (κ1) is 15.6. The van der Waals surface area contributed by atoms with E-state index in [2.05, 4.69) is 5.32 Å². The van der Waals surface area contributed by atoms with Crippen molar-refractivity contribution in [1.29, 1.82) is 0 Å². The minimum Gasteiger partial charge on any atom is -0.507 e. The number of amides is 1. The van der Waals surface area contributed by atoms with Crippen LogP contribution in [0, 0.1) is 5.41 Å². The second-order valence-corrected chi connectivity index (χ2v) is 5.59. The molecule has 0 fully saturated rings. The Balaban J connectivity index is 2.31. The van der Waals surface area contributed by atoms with E-state index in [0.29, 0.717) is 0 Å². The molecule has 0 saturated carbocycles. The molecule has 0 atom stereocenters. The summed E-state index contributed by atoms with van der Waals surface area (Å²) in [4.78, 5) is 23.5. The van der Waals surface area contributed by atoms with E-state index in [1.54, 1.807) is 24.3 Å². The normalized spacial score (nSPS) is 16.3. The number of carboxylic acid groups (broad SMARTS) is 1. The van der Waals surface area contributed by atoms with Crippen LogP contribution in [0.3, 0.4) is 0 Å². The SMILES string of the molecule is CC1(C)C=CC(O)=C(C(=O)Nc2ccccc2C(=O)O)C=C1. The molecule has 1 aromatic carbocycles. The van der Waals surface area contributed by atoms with Gasteiger partial charge in [-0.1, -0.05) is 38.1 Å². The summed E-state index contributed by atoms with van der Waals surface area (Å²) in [6, 6.07) is 6.10. The van der Waals surface area contributed by atoms with E-state index < -0.39 is 11.9 Å². The number of aliphatic hydroxyl groups is 1. The fraction of sp³-hybridized carbons (Fsp3) is 0.176. The first-order chi connectivity index (χ1) is 10.3. The second kappa shape index (κ2) is 5.89. The molecule has 22 heavy (non-hydrogen) atoms. The number of anilines is 1. The summed E-state index contributed by atoms with van der Waals surface area (Å²) in [5, 5.41) is 21.6. The second-order valence-electron chi connectivity index (χ2n) is 5.59. The molecule has 0 radical (unpaired) electrons. The summed E-state index contributed by atoms with van der Waals surface area (Å²) in [5.41, 5.74) is -0.0257. The number of allylic oxidation sites excluding steroid dienone is 3. The Morgan fingerprint density at radius 2 is 1.73 bits per heavy atom. The van der Waals surface area contributed by atoms with E-state index in [1.807, 2.05) is 13.8 Å². The Bertz CT molecular complexity index is 711. The summed E-state index contributed by atoms with van der Waals surface area (Å²) < 4.78 is 0. The van der Waals surface area contributed by atoms with Gasteiger partial charge in [-0.25, -0.2) is 4.79 Å². The molecule has 5 nitrogen and oxygen atoms in total. The standard InChI is InChI=1S/C17H17NO4/c1-17(2)9-7-12(14(19)8-10-17)15(20)18-13-6-4-3-5-11(13)16(21)22/h3-10,19H,1-2H3,(H,18,20)(H,21,22). The average Bonchev–Trinajstić information content (AvgIpc) is 2.58. The number of aromatic carboxylic acids is 1. The van der Waals surface area contributed by atoms with E-state index in [-0.39, 0.29) is 28.0 Å². The van der Waals surface area contributed by atoms with Gasteiger partial charge in [0.1, 0.15) is 5.76 Å². The Labute approximate surface area is 128 Å². The number of benzene rings is 1. The Hall–Kier alpha value is -2.82. The zero-order valence-corrected chi connectivity index (χ0v) is 12.3. The lowest BCUT2D eigenvalue weighted by Gasteiger charge is -2.12. The van der Waals surface area contributed by atoms with Crippen molar-refractivity contribution >= 4 is 17.6 Å². The van der Waals surface area contributed by atoms with Crippen molar-refractivity contribution in [1.82, 2.24) is 0 Å². The van der Waals surface area contributed by atoms with Crippen molar-refractivity contribution in [2.45, 2.75) is 13.8 Å². The number of carbonyl (C=O) groups excluding carboxylic acids is 1. The minimum atomic E-state index is -1.13. The summed E-state index contributed by atoms with van der Waals surface area (Å²) in [5.74, 6) is -1.86. The lowest BCUT2D eigenvalue weighted by Crippen LogP contribution is -2.17. The van der Waals surface area contributed by atoms with Gasteiger partial charge in [-0.05, 0) is 24.3 Å². The van der Waals surface area contributed by atoms with E-state index in [4.69, 9.17) is 5.11 Å². The van der Waals surface area contributed by atoms with Gasteiger partial charge in [0.25, 0.3) is 5.91 Å². The molecule has 1 aliphatic rings. The molecule has 0 aliphatic heterocycles. The molecule has 1 aromatic rings. The van der Waals surface area contributed by atoms with Crippen molar-refractivity contribution in [2.24, 2.45) is 5.41 Å². The molecule has 3 N–H and O–H groups in total. The van der Waals surface area contributed by atoms with Crippen LogP contribution in [0.5, 0.6) is 0 Å². The van der Waals surface area contributed by atoms with Crippen molar-refractivity contribution in [2.75, 3.05) is 5.32 Å². The summed E-state index contributed by atoms with van der Waals surface area (Å²) in [6.45, 7) is 3.88. The number of rotatable bonds is 3. The van der Waals surface area contributed by atoms with Crippen LogP contribution in [0.2, 0.25) is 0 Å². The van der Waals surface area contributed by atoms with Gasteiger partial charge < -0.3 is 15.5 Å². The number of carboxylic acids is 1. The molecule has 0 heterocycles. The largest absolute Gasteiger partial charge is 0.507 e. The van der Waals surface area contributed by atoms with E-state index in [1.165, 1.54) is 24.3 Å². The minimum absolute atomic E-state index is 0.00980. The number of nitrogens with one attached hydrogen (secondary N) is 1. The summed E-state index contributed by atoms with van der Waals surface area (Å²) in [7, 11) is 0. The zero-order chi connectivity index (χ0) is 16.3. The highest BCUT2D eigenvalue weighted by molar-refractivity contribution is 6.09. The summed E-state index contributed by atoms with van der Waals surface area (Å²) in [6.07, 6.45) is 6.58. The third-order valence-electron chi connectivity index (χ3n) is 3.28. The van der Waals surface area contributed by atoms with Gasteiger partial charge in [0, 0.05) is 5.41 Å². The third kappa shape index (κ3) is 3.44. The first-order valence-corrected chi connectivity index (χ1v) is 6.75. The maximum Gasteiger partial charge on any atom is 0.337 e. The molecule has 0 spiro atoms. The lowest BCUT2D eigenvalue weighted by atomic mass is 9.93. The predicted molar refractivity (Wildman–Crippen MR) is 83.7 cm³/mol. The van der Waals surface area contributed by atoms with Crippen molar-refractivity contribution < 1.29 is 19.8 Å². The van der Waals surface area contributed by atoms with Crippen molar-refractivity contribution in [3.8, 4) is 0 Å². The third-order valence-corrected chi connectivity index (χ3v) is 3.28. The van der Waals surface area contributed by atoms with Crippen LogP contribution in [0.4, 0.5) is 5.69 Å². The lowest BCUT2D eigenvalue weighted by molar-refractivity contribution is -0.112. The van der Waals surface area contributed by atoms with E-state index >= 15 is 0 Å². The highest BCUT2D eigenvalue weighted by atomic mass is 16.4. The maximum atomic E-state index is 12.3. The molecule has 0 aromatic heterocycles. The molecule has 5 heteroatoms. The van der Waals surface area contributed by atoms with Crippen molar-refractivity contribution in [3.63, 3.8) is 0 Å². The Morgan fingerprint density at radius 1 is 1.09 bits per heavy atom. The number of para-hydroxylation sites is 1. The van der Waals surface area contributed by atoms with Gasteiger partial charge in [0.2, 0.25) is 0 Å². The van der Waals surface area contributed by atoms with Gasteiger partial charge in [0.15, 0.2) is 0 Å². The molecule has 0 saturated heterocycles. The quantitative estimate of drug-likeness (QED) is 0.799.